The standard InChI is InChI=1S/C48H38N2S/c1-29-20-21-30(26-41(29)37-14-9-11-19-45(37)51)49-31-22-24-35-36-25-23-32(28-43(36)48(2,3)42(35)27-31)50-44-18-10-8-17-40(44)46-38-15-6-4-12-33(38)34-13-5-7-16-39(34)47(46)50/h4-19,21-29,49,51H,20H2,1-3H3. The summed E-state index contributed by atoms with van der Waals surface area (Å²) in [7, 11) is 0. The number of aromatic nitrogens is 1. The molecule has 2 aliphatic rings. The Labute approximate surface area is 304 Å². The van der Waals surface area contributed by atoms with E-state index in [0.717, 1.165) is 22.7 Å². The Morgan fingerprint density at radius 1 is 0.647 bits per heavy atom. The first kappa shape index (κ1) is 30.3. The normalized spacial score (nSPS) is 16.4. The van der Waals surface area contributed by atoms with Crippen molar-refractivity contribution in [3.63, 3.8) is 0 Å². The molecular formula is C48H38N2S. The lowest BCUT2D eigenvalue weighted by atomic mass is 9.82. The molecule has 10 rings (SSSR count). The number of allylic oxidation sites excluding steroid dienone is 3. The van der Waals surface area contributed by atoms with Crippen LogP contribution in [-0.2, 0) is 5.41 Å². The maximum Gasteiger partial charge on any atom is 0.0625 e. The topological polar surface area (TPSA) is 17.0 Å². The zero-order chi connectivity index (χ0) is 34.4. The Morgan fingerprint density at radius 3 is 2.06 bits per heavy atom. The van der Waals surface area contributed by atoms with E-state index in [1.54, 1.807) is 0 Å². The number of benzene rings is 7. The average Bonchev–Trinajstić information content (AvgIpc) is 3.62. The summed E-state index contributed by atoms with van der Waals surface area (Å²) in [4.78, 5) is 1.02. The molecule has 1 unspecified atom stereocenters. The van der Waals surface area contributed by atoms with Gasteiger partial charge in [0.2, 0.25) is 0 Å². The van der Waals surface area contributed by atoms with Gasteiger partial charge in [0, 0.05) is 43.5 Å². The first-order valence-corrected chi connectivity index (χ1v) is 18.4. The van der Waals surface area contributed by atoms with Crippen LogP contribution in [0.1, 0.15) is 43.9 Å². The lowest BCUT2D eigenvalue weighted by molar-refractivity contribution is 0.660. The van der Waals surface area contributed by atoms with Gasteiger partial charge in [-0.25, -0.2) is 0 Å². The van der Waals surface area contributed by atoms with E-state index in [1.165, 1.54) is 82.4 Å². The van der Waals surface area contributed by atoms with Gasteiger partial charge in [-0.2, -0.15) is 0 Å². The predicted molar refractivity (Wildman–Crippen MR) is 221 cm³/mol. The lowest BCUT2D eigenvalue weighted by Crippen LogP contribution is -2.16. The van der Waals surface area contributed by atoms with Gasteiger partial charge in [-0.3, -0.25) is 0 Å². The molecule has 0 spiro atoms. The number of hydrogen-bond acceptors (Lipinski definition) is 2. The van der Waals surface area contributed by atoms with E-state index < -0.39 is 0 Å². The number of fused-ring (bicyclic) bond motifs is 11. The van der Waals surface area contributed by atoms with Gasteiger partial charge in [0.15, 0.2) is 0 Å². The Hall–Kier alpha value is -5.51. The van der Waals surface area contributed by atoms with E-state index in [-0.39, 0.29) is 5.41 Å². The van der Waals surface area contributed by atoms with Gasteiger partial charge >= 0.3 is 0 Å². The third kappa shape index (κ3) is 4.51. The van der Waals surface area contributed by atoms with Gasteiger partial charge in [0.1, 0.15) is 0 Å². The summed E-state index contributed by atoms with van der Waals surface area (Å²) in [6, 6.07) is 49.1. The molecule has 3 heteroatoms. The van der Waals surface area contributed by atoms with E-state index in [0.29, 0.717) is 5.92 Å². The van der Waals surface area contributed by atoms with Crippen molar-refractivity contribution in [1.82, 2.24) is 4.57 Å². The van der Waals surface area contributed by atoms with Gasteiger partial charge in [-0.1, -0.05) is 124 Å². The molecule has 1 N–H and O–H groups in total. The summed E-state index contributed by atoms with van der Waals surface area (Å²) < 4.78 is 2.51. The predicted octanol–water partition coefficient (Wildman–Crippen LogP) is 13.1. The highest BCUT2D eigenvalue weighted by molar-refractivity contribution is 7.80. The van der Waals surface area contributed by atoms with Crippen LogP contribution in [0.2, 0.25) is 0 Å². The molecule has 1 atom stereocenters. The fourth-order valence-corrected chi connectivity index (χ4v) is 9.24. The second-order valence-corrected chi connectivity index (χ2v) is 15.3. The van der Waals surface area contributed by atoms with Crippen molar-refractivity contribution >= 4 is 67.2 Å². The molecule has 2 aliphatic carbocycles. The van der Waals surface area contributed by atoms with E-state index in [1.807, 2.05) is 0 Å². The molecule has 0 bridgehead atoms. The highest BCUT2D eigenvalue weighted by atomic mass is 32.1. The minimum absolute atomic E-state index is 0.173. The summed E-state index contributed by atoms with van der Waals surface area (Å²) in [6.07, 6.45) is 5.63. The zero-order valence-corrected chi connectivity index (χ0v) is 29.9. The first-order chi connectivity index (χ1) is 24.9. The SMILES string of the molecule is CC1CC=C(Nc2ccc3c(c2)C(C)(C)c2cc(-n4c5ccccc5c5c6ccccc6c6ccccc6c54)ccc2-3)C=C1c1ccccc1S. The van der Waals surface area contributed by atoms with E-state index in [4.69, 9.17) is 12.6 Å². The third-order valence-electron chi connectivity index (χ3n) is 11.5. The fraction of sp³-hybridized carbons (Fsp3) is 0.125. The van der Waals surface area contributed by atoms with Gasteiger partial charge in [-0.15, -0.1) is 12.6 Å². The number of nitrogens with zero attached hydrogens (tertiary/aromatic N) is 1. The van der Waals surface area contributed by atoms with Crippen molar-refractivity contribution in [1.29, 1.82) is 0 Å². The van der Waals surface area contributed by atoms with Crippen LogP contribution in [0.15, 0.2) is 156 Å². The van der Waals surface area contributed by atoms with Crippen LogP contribution in [0.25, 0.3) is 65.7 Å². The maximum absolute atomic E-state index is 4.78. The van der Waals surface area contributed by atoms with E-state index in [2.05, 4.69) is 176 Å². The number of para-hydroxylation sites is 1. The van der Waals surface area contributed by atoms with Gasteiger partial charge < -0.3 is 9.88 Å². The Kier molecular flexibility index (Phi) is 6.69. The summed E-state index contributed by atoms with van der Waals surface area (Å²) in [5, 5.41) is 11.6. The Bertz CT molecular complexity index is 2810. The molecule has 0 aliphatic heterocycles. The van der Waals surface area contributed by atoms with Crippen LogP contribution in [0.5, 0.6) is 0 Å². The fourth-order valence-electron chi connectivity index (χ4n) is 8.95. The highest BCUT2D eigenvalue weighted by Gasteiger charge is 2.36. The van der Waals surface area contributed by atoms with Crippen molar-refractivity contribution in [3.8, 4) is 16.8 Å². The summed E-state index contributed by atoms with van der Waals surface area (Å²) in [5.74, 6) is 0.442. The minimum Gasteiger partial charge on any atom is -0.356 e. The molecule has 51 heavy (non-hydrogen) atoms. The number of nitrogens with one attached hydrogen (secondary N) is 1. The zero-order valence-electron chi connectivity index (χ0n) is 29.0. The van der Waals surface area contributed by atoms with Crippen molar-refractivity contribution in [2.24, 2.45) is 5.92 Å². The Morgan fingerprint density at radius 2 is 1.27 bits per heavy atom. The second kappa shape index (κ2) is 11.2. The summed E-state index contributed by atoms with van der Waals surface area (Å²) in [6.45, 7) is 7.05. The molecule has 246 valence electrons. The number of thiol groups is 1. The van der Waals surface area contributed by atoms with Crippen molar-refractivity contribution in [2.45, 2.75) is 37.5 Å². The van der Waals surface area contributed by atoms with Crippen molar-refractivity contribution in [2.75, 3.05) is 5.32 Å². The largest absolute Gasteiger partial charge is 0.356 e. The molecule has 0 saturated carbocycles. The van der Waals surface area contributed by atoms with Crippen molar-refractivity contribution < 1.29 is 0 Å². The monoisotopic (exact) mass is 674 g/mol. The van der Waals surface area contributed by atoms with Crippen LogP contribution in [0, 0.1) is 5.92 Å². The van der Waals surface area contributed by atoms with Gasteiger partial charge in [0.25, 0.3) is 0 Å². The van der Waals surface area contributed by atoms with E-state index in [9.17, 15) is 0 Å². The molecule has 8 aromatic rings. The summed E-state index contributed by atoms with van der Waals surface area (Å²) >= 11 is 4.78. The average molecular weight is 675 g/mol. The molecular weight excluding hydrogens is 637 g/mol. The molecule has 1 aromatic heterocycles. The quantitative estimate of drug-likeness (QED) is 0.140. The molecule has 0 amide bonds. The molecule has 2 nitrogen and oxygen atoms in total. The number of anilines is 1. The number of rotatable bonds is 4. The summed E-state index contributed by atoms with van der Waals surface area (Å²) in [5.41, 5.74) is 13.7. The lowest BCUT2D eigenvalue weighted by Gasteiger charge is -2.24. The Balaban J connectivity index is 1.09. The van der Waals surface area contributed by atoms with E-state index >= 15 is 0 Å². The van der Waals surface area contributed by atoms with Crippen LogP contribution in [-0.4, -0.2) is 4.57 Å². The van der Waals surface area contributed by atoms with Crippen molar-refractivity contribution in [3.05, 3.63) is 168 Å². The number of hydrogen-bond donors (Lipinski definition) is 2. The second-order valence-electron chi connectivity index (χ2n) is 14.8. The minimum atomic E-state index is -0.173. The third-order valence-corrected chi connectivity index (χ3v) is 11.9. The maximum atomic E-state index is 4.78. The smallest absolute Gasteiger partial charge is 0.0625 e. The van der Waals surface area contributed by atoms with Crippen LogP contribution < -0.4 is 5.32 Å². The first-order valence-electron chi connectivity index (χ1n) is 18.0. The molecule has 0 saturated heterocycles. The van der Waals surface area contributed by atoms with Gasteiger partial charge in [-0.05, 0) is 104 Å². The molecule has 1 heterocycles. The highest BCUT2D eigenvalue weighted by Crippen LogP contribution is 2.51. The van der Waals surface area contributed by atoms with Crippen LogP contribution in [0.3, 0.4) is 0 Å². The molecule has 0 fully saturated rings. The molecule has 7 aromatic carbocycles. The van der Waals surface area contributed by atoms with Crippen LogP contribution in [0.4, 0.5) is 5.69 Å². The molecule has 0 radical (unpaired) electrons. The van der Waals surface area contributed by atoms with Crippen LogP contribution >= 0.6 is 12.6 Å². The van der Waals surface area contributed by atoms with Gasteiger partial charge in [0.05, 0.1) is 11.0 Å².